The molecule has 0 aliphatic rings. The zero-order chi connectivity index (χ0) is 14.9. The van der Waals surface area contributed by atoms with Crippen molar-refractivity contribution in [3.8, 4) is 5.75 Å². The predicted octanol–water partition coefficient (Wildman–Crippen LogP) is 3.51. The first-order chi connectivity index (χ1) is 9.43. The lowest BCUT2D eigenvalue weighted by Gasteiger charge is -2.11. The second-order valence-electron chi connectivity index (χ2n) is 4.47. The highest BCUT2D eigenvalue weighted by Gasteiger charge is 2.18. The Bertz CT molecular complexity index is 665. The van der Waals surface area contributed by atoms with Crippen molar-refractivity contribution in [2.45, 2.75) is 20.8 Å². The van der Waals surface area contributed by atoms with Crippen molar-refractivity contribution in [2.24, 2.45) is 0 Å². The van der Waals surface area contributed by atoms with Crippen LogP contribution in [-0.4, -0.2) is 18.2 Å². The van der Waals surface area contributed by atoms with Gasteiger partial charge in [-0.15, -0.1) is 0 Å². The van der Waals surface area contributed by atoms with E-state index >= 15 is 0 Å². The van der Waals surface area contributed by atoms with Crippen molar-refractivity contribution in [3.05, 3.63) is 39.7 Å². The molecule has 0 aliphatic carbocycles. The topological polar surface area (TPSA) is 64.4 Å². The van der Waals surface area contributed by atoms with Crippen LogP contribution in [0.2, 0.25) is 5.02 Å². The summed E-state index contributed by atoms with van der Waals surface area (Å²) >= 11 is 6.03. The minimum absolute atomic E-state index is 0.261. The fourth-order valence-electron chi connectivity index (χ4n) is 1.74. The van der Waals surface area contributed by atoms with Crippen molar-refractivity contribution >= 4 is 23.2 Å². The van der Waals surface area contributed by atoms with Gasteiger partial charge in [-0.25, -0.2) is 0 Å². The molecule has 0 bridgehead atoms. The van der Waals surface area contributed by atoms with E-state index in [4.69, 9.17) is 20.9 Å². The number of benzene rings is 1. The van der Waals surface area contributed by atoms with Crippen molar-refractivity contribution in [1.82, 2.24) is 5.16 Å². The smallest absolute Gasteiger partial charge is 0.278 e. The van der Waals surface area contributed by atoms with Crippen LogP contribution in [0.25, 0.3) is 0 Å². The van der Waals surface area contributed by atoms with Crippen molar-refractivity contribution in [1.29, 1.82) is 0 Å². The molecule has 1 heterocycles. The minimum Gasteiger partial charge on any atom is -0.495 e. The highest BCUT2D eigenvalue weighted by Crippen LogP contribution is 2.31. The molecule has 0 aliphatic heterocycles. The van der Waals surface area contributed by atoms with Crippen LogP contribution in [0, 0.1) is 20.8 Å². The second-order valence-corrected chi connectivity index (χ2v) is 4.88. The number of carbonyl (C=O) groups excluding carboxylic acids is 1. The molecule has 0 spiro atoms. The Balaban J connectivity index is 2.32. The van der Waals surface area contributed by atoms with Crippen LogP contribution >= 0.6 is 11.6 Å². The largest absolute Gasteiger partial charge is 0.495 e. The van der Waals surface area contributed by atoms with E-state index in [0.717, 1.165) is 5.56 Å². The molecule has 6 heteroatoms. The van der Waals surface area contributed by atoms with Gasteiger partial charge in [0.05, 0.1) is 12.8 Å². The highest BCUT2D eigenvalue weighted by atomic mass is 35.5. The number of hydrogen-bond donors (Lipinski definition) is 1. The van der Waals surface area contributed by atoms with Crippen LogP contribution < -0.4 is 10.1 Å². The predicted molar refractivity (Wildman–Crippen MR) is 76.7 cm³/mol. The first kappa shape index (κ1) is 14.4. The summed E-state index contributed by atoms with van der Waals surface area (Å²) in [5.41, 5.74) is 2.36. The average molecular weight is 295 g/mol. The van der Waals surface area contributed by atoms with Crippen molar-refractivity contribution < 1.29 is 14.1 Å². The number of ether oxygens (including phenoxy) is 1. The Hall–Kier alpha value is -2.01. The molecule has 1 aromatic carbocycles. The molecule has 0 radical (unpaired) electrons. The Kier molecular flexibility index (Phi) is 3.99. The number of methoxy groups -OCH3 is 1. The van der Waals surface area contributed by atoms with Crippen LogP contribution in [0.4, 0.5) is 5.69 Å². The Labute approximate surface area is 121 Å². The number of carbonyl (C=O) groups is 1. The van der Waals surface area contributed by atoms with Gasteiger partial charge in [0.25, 0.3) is 5.91 Å². The lowest BCUT2D eigenvalue weighted by atomic mass is 10.2. The van der Waals surface area contributed by atoms with E-state index in [2.05, 4.69) is 10.5 Å². The molecule has 1 amide bonds. The lowest BCUT2D eigenvalue weighted by Crippen LogP contribution is -2.14. The molecule has 2 rings (SSSR count). The third-order valence-corrected chi connectivity index (χ3v) is 3.51. The van der Waals surface area contributed by atoms with Gasteiger partial charge in [0.15, 0.2) is 5.69 Å². The Morgan fingerprint density at radius 3 is 2.60 bits per heavy atom. The maximum Gasteiger partial charge on any atom is 0.278 e. The van der Waals surface area contributed by atoms with Crippen LogP contribution in [0.15, 0.2) is 16.7 Å². The number of aryl methyl sites for hydroxylation is 2. The van der Waals surface area contributed by atoms with E-state index in [1.807, 2.05) is 6.92 Å². The number of nitrogens with one attached hydrogen (secondary N) is 1. The van der Waals surface area contributed by atoms with Crippen LogP contribution in [0.1, 0.15) is 27.4 Å². The first-order valence-electron chi connectivity index (χ1n) is 6.02. The van der Waals surface area contributed by atoms with Gasteiger partial charge in [0.1, 0.15) is 11.5 Å². The molecule has 20 heavy (non-hydrogen) atoms. The molecule has 1 aromatic heterocycles. The van der Waals surface area contributed by atoms with E-state index in [1.165, 1.54) is 7.11 Å². The number of halogens is 1. The third kappa shape index (κ3) is 2.63. The zero-order valence-corrected chi connectivity index (χ0v) is 12.5. The second kappa shape index (κ2) is 5.54. The van der Waals surface area contributed by atoms with Gasteiger partial charge in [-0.1, -0.05) is 16.8 Å². The van der Waals surface area contributed by atoms with E-state index in [1.54, 1.807) is 26.0 Å². The van der Waals surface area contributed by atoms with E-state index in [9.17, 15) is 4.79 Å². The zero-order valence-electron chi connectivity index (χ0n) is 11.7. The summed E-state index contributed by atoms with van der Waals surface area (Å²) in [5.74, 6) is 0.764. The molecule has 1 N–H and O–H groups in total. The number of rotatable bonds is 3. The lowest BCUT2D eigenvalue weighted by molar-refractivity contribution is 0.101. The normalized spacial score (nSPS) is 10.4. The summed E-state index contributed by atoms with van der Waals surface area (Å²) in [6.45, 7) is 5.39. The molecular formula is C14H15ClN2O3. The molecule has 0 fully saturated rings. The number of hydrogen-bond acceptors (Lipinski definition) is 4. The number of nitrogens with zero attached hydrogens (tertiary/aromatic N) is 1. The molecule has 0 saturated carbocycles. The first-order valence-corrected chi connectivity index (χ1v) is 6.40. The van der Waals surface area contributed by atoms with Gasteiger partial charge in [-0.05, 0) is 32.4 Å². The molecule has 2 aromatic rings. The summed E-state index contributed by atoms with van der Waals surface area (Å²) in [5, 5.41) is 7.08. The third-order valence-electron chi connectivity index (χ3n) is 3.10. The Morgan fingerprint density at radius 1 is 1.35 bits per heavy atom. The number of anilines is 1. The van der Waals surface area contributed by atoms with Crippen LogP contribution in [0.5, 0.6) is 5.75 Å². The van der Waals surface area contributed by atoms with Gasteiger partial charge in [-0.3, -0.25) is 4.79 Å². The van der Waals surface area contributed by atoms with Crippen molar-refractivity contribution in [3.63, 3.8) is 0 Å². The van der Waals surface area contributed by atoms with E-state index < -0.39 is 0 Å². The van der Waals surface area contributed by atoms with E-state index in [-0.39, 0.29) is 11.6 Å². The molecule has 0 saturated heterocycles. The summed E-state index contributed by atoms with van der Waals surface area (Å²) < 4.78 is 10.2. The van der Waals surface area contributed by atoms with Gasteiger partial charge in [0.2, 0.25) is 0 Å². The maximum atomic E-state index is 12.2. The van der Waals surface area contributed by atoms with Crippen LogP contribution in [0.3, 0.4) is 0 Å². The summed E-state index contributed by atoms with van der Waals surface area (Å²) in [7, 11) is 1.52. The SMILES string of the molecule is COc1cc(Cl)c(C)cc1NC(=O)c1noc(C)c1C. The maximum absolute atomic E-state index is 12.2. The summed E-state index contributed by atoms with van der Waals surface area (Å²) in [6.07, 6.45) is 0. The fraction of sp³-hybridized carbons (Fsp3) is 0.286. The quantitative estimate of drug-likeness (QED) is 0.941. The molecular weight excluding hydrogens is 280 g/mol. The average Bonchev–Trinajstić information content (AvgIpc) is 2.74. The number of aromatic nitrogens is 1. The monoisotopic (exact) mass is 294 g/mol. The summed E-state index contributed by atoms with van der Waals surface area (Å²) in [4.78, 5) is 12.2. The number of amides is 1. The standard InChI is InChI=1S/C14H15ClN2O3/c1-7-5-11(12(19-4)6-10(7)15)16-14(18)13-8(2)9(3)20-17-13/h5-6H,1-4H3,(H,16,18). The van der Waals surface area contributed by atoms with Gasteiger partial charge < -0.3 is 14.6 Å². The highest BCUT2D eigenvalue weighted by molar-refractivity contribution is 6.31. The van der Waals surface area contributed by atoms with Crippen LogP contribution in [-0.2, 0) is 0 Å². The molecule has 5 nitrogen and oxygen atoms in total. The Morgan fingerprint density at radius 2 is 2.05 bits per heavy atom. The summed E-state index contributed by atoms with van der Waals surface area (Å²) in [6, 6.07) is 3.41. The minimum atomic E-state index is -0.348. The molecule has 106 valence electrons. The molecule has 0 atom stereocenters. The van der Waals surface area contributed by atoms with Gasteiger partial charge in [0, 0.05) is 16.7 Å². The molecule has 0 unspecified atom stereocenters. The van der Waals surface area contributed by atoms with Gasteiger partial charge >= 0.3 is 0 Å². The fourth-order valence-corrected chi connectivity index (χ4v) is 1.89. The van der Waals surface area contributed by atoms with E-state index in [0.29, 0.717) is 27.8 Å². The van der Waals surface area contributed by atoms with Gasteiger partial charge in [-0.2, -0.15) is 0 Å². The van der Waals surface area contributed by atoms with Crippen molar-refractivity contribution in [2.75, 3.05) is 12.4 Å².